The van der Waals surface area contributed by atoms with Gasteiger partial charge >= 0.3 is 0 Å². The average Bonchev–Trinajstić information content (AvgIpc) is 3.12. The molecule has 7 nitrogen and oxygen atoms in total. The lowest BCUT2D eigenvalue weighted by Crippen LogP contribution is -3.11. The molecule has 0 spiro atoms. The number of hydrogen-bond donors (Lipinski definition) is 2. The van der Waals surface area contributed by atoms with E-state index < -0.39 is 0 Å². The van der Waals surface area contributed by atoms with Gasteiger partial charge in [0.2, 0.25) is 6.79 Å². The first-order valence-electron chi connectivity index (χ1n) is 10.2. The predicted molar refractivity (Wildman–Crippen MR) is 109 cm³/mol. The number of hydrogen-bond acceptors (Lipinski definition) is 5. The maximum absolute atomic E-state index is 12.6. The van der Waals surface area contributed by atoms with Crippen molar-refractivity contribution in [1.29, 1.82) is 0 Å². The number of carbonyl (C=O) groups is 1. The first-order valence-corrected chi connectivity index (χ1v) is 10.2. The number of carbonyl (C=O) groups excluding carboxylic acids is 1. The van der Waals surface area contributed by atoms with Gasteiger partial charge in [0.1, 0.15) is 0 Å². The Morgan fingerprint density at radius 1 is 1.21 bits per heavy atom. The molecule has 156 valence electrons. The van der Waals surface area contributed by atoms with Crippen LogP contribution in [-0.2, 0) is 4.74 Å². The number of fused-ring (bicyclic) bond motifs is 1. The van der Waals surface area contributed by atoms with E-state index in [9.17, 15) is 4.79 Å². The van der Waals surface area contributed by atoms with Gasteiger partial charge < -0.3 is 19.1 Å². The smallest absolute Gasteiger partial charge is 0.292 e. The fourth-order valence-electron chi connectivity index (χ4n) is 3.04. The minimum Gasteiger partial charge on any atom is -0.462 e. The largest absolute Gasteiger partial charge is 0.462 e. The summed E-state index contributed by atoms with van der Waals surface area (Å²) in [5.74, 6) is 0.938. The highest BCUT2D eigenvalue weighted by Gasteiger charge is 2.18. The molecule has 0 fully saturated rings. The van der Waals surface area contributed by atoms with Crippen LogP contribution in [0.25, 0.3) is 0 Å². The first-order chi connectivity index (χ1) is 13.4. The van der Waals surface area contributed by atoms with Crippen LogP contribution in [0.5, 0.6) is 11.5 Å². The van der Waals surface area contributed by atoms with Crippen molar-refractivity contribution in [2.75, 3.05) is 26.4 Å². The van der Waals surface area contributed by atoms with E-state index in [1.165, 1.54) is 0 Å². The second-order valence-electron chi connectivity index (χ2n) is 7.32. The lowest BCUT2D eigenvalue weighted by Gasteiger charge is -2.17. The summed E-state index contributed by atoms with van der Waals surface area (Å²) in [6, 6.07) is 5.43. The van der Waals surface area contributed by atoms with Crippen molar-refractivity contribution in [1.82, 2.24) is 5.32 Å². The quantitative estimate of drug-likeness (QED) is 0.498. The number of nitrogens with zero attached hydrogens (tertiary/aromatic N) is 1. The van der Waals surface area contributed by atoms with Crippen LogP contribution in [0.4, 0.5) is 0 Å². The van der Waals surface area contributed by atoms with Gasteiger partial charge in [-0.15, -0.1) is 0 Å². The van der Waals surface area contributed by atoms with E-state index in [1.54, 1.807) is 23.1 Å². The lowest BCUT2D eigenvalue weighted by atomic mass is 10.2. The molecule has 0 saturated carbocycles. The molecule has 1 aliphatic rings. The Bertz CT molecular complexity index is 672. The number of aliphatic imine (C=N–C) groups is 1. The zero-order valence-electron chi connectivity index (χ0n) is 17.7. The molecule has 2 N–H and O–H groups in total. The van der Waals surface area contributed by atoms with E-state index in [0.29, 0.717) is 17.1 Å². The number of benzene rings is 1. The summed E-state index contributed by atoms with van der Waals surface area (Å²) in [7, 11) is 0. The SMILES string of the molecule is CC[NH+](CC)CCC[C@H](C)N=C(NC(=O)c1ccc2c(c1)OCO2)OC(C)C. The van der Waals surface area contributed by atoms with Gasteiger partial charge in [-0.1, -0.05) is 0 Å². The Kier molecular flexibility index (Phi) is 8.57. The Morgan fingerprint density at radius 3 is 2.61 bits per heavy atom. The van der Waals surface area contributed by atoms with Gasteiger partial charge in [0.15, 0.2) is 11.5 Å². The third-order valence-corrected chi connectivity index (χ3v) is 4.69. The van der Waals surface area contributed by atoms with Crippen molar-refractivity contribution in [3.63, 3.8) is 0 Å². The number of ether oxygens (including phenoxy) is 3. The van der Waals surface area contributed by atoms with Crippen molar-refractivity contribution in [2.24, 2.45) is 4.99 Å². The number of amidine groups is 1. The van der Waals surface area contributed by atoms with Crippen LogP contribution in [0.1, 0.15) is 57.8 Å². The van der Waals surface area contributed by atoms with E-state index in [-0.39, 0.29) is 30.9 Å². The molecular weight excluding hydrogens is 358 g/mol. The minimum absolute atomic E-state index is 0.0702. The molecule has 1 heterocycles. The summed E-state index contributed by atoms with van der Waals surface area (Å²) in [6.45, 7) is 13.9. The van der Waals surface area contributed by atoms with Gasteiger partial charge in [-0.2, -0.15) is 0 Å². The molecule has 0 radical (unpaired) electrons. The molecule has 1 atom stereocenters. The number of amides is 1. The third-order valence-electron chi connectivity index (χ3n) is 4.69. The molecule has 0 bridgehead atoms. The Hall–Kier alpha value is -2.28. The molecule has 2 rings (SSSR count). The van der Waals surface area contributed by atoms with Crippen LogP contribution >= 0.6 is 0 Å². The molecule has 0 unspecified atom stereocenters. The van der Waals surface area contributed by atoms with E-state index in [4.69, 9.17) is 14.2 Å². The van der Waals surface area contributed by atoms with Crippen molar-refractivity contribution < 1.29 is 23.9 Å². The molecular formula is C21H34N3O4+. The Labute approximate surface area is 168 Å². The highest BCUT2D eigenvalue weighted by atomic mass is 16.7. The number of rotatable bonds is 9. The Balaban J connectivity index is 1.97. The van der Waals surface area contributed by atoms with Crippen LogP contribution in [0, 0.1) is 0 Å². The fourth-order valence-corrected chi connectivity index (χ4v) is 3.04. The van der Waals surface area contributed by atoms with Crippen molar-refractivity contribution in [3.05, 3.63) is 23.8 Å². The van der Waals surface area contributed by atoms with Crippen LogP contribution in [0.15, 0.2) is 23.2 Å². The fraction of sp³-hybridized carbons (Fsp3) is 0.619. The molecule has 0 aromatic heterocycles. The molecule has 1 aromatic rings. The van der Waals surface area contributed by atoms with Crippen LogP contribution in [0.2, 0.25) is 0 Å². The molecule has 0 saturated heterocycles. The second kappa shape index (κ2) is 10.9. The third kappa shape index (κ3) is 6.71. The maximum atomic E-state index is 12.6. The van der Waals surface area contributed by atoms with E-state index in [0.717, 1.165) is 32.5 Å². The highest BCUT2D eigenvalue weighted by Crippen LogP contribution is 2.32. The summed E-state index contributed by atoms with van der Waals surface area (Å²) in [4.78, 5) is 18.8. The number of quaternary nitrogens is 1. The molecule has 1 aromatic carbocycles. The van der Waals surface area contributed by atoms with Gasteiger partial charge in [0.05, 0.1) is 31.8 Å². The highest BCUT2D eigenvalue weighted by molar-refractivity contribution is 6.04. The van der Waals surface area contributed by atoms with E-state index >= 15 is 0 Å². The van der Waals surface area contributed by atoms with Crippen LogP contribution in [-0.4, -0.2) is 50.5 Å². The van der Waals surface area contributed by atoms with Gasteiger partial charge in [-0.25, -0.2) is 4.99 Å². The predicted octanol–water partition coefficient (Wildman–Crippen LogP) is 2.02. The first kappa shape index (κ1) is 22.0. The monoisotopic (exact) mass is 392 g/mol. The van der Waals surface area contributed by atoms with Crippen LogP contribution in [0.3, 0.4) is 0 Å². The normalized spacial score (nSPS) is 14.5. The van der Waals surface area contributed by atoms with Gasteiger partial charge in [-0.05, 0) is 65.7 Å². The summed E-state index contributed by atoms with van der Waals surface area (Å²) in [6.07, 6.45) is 1.96. The Morgan fingerprint density at radius 2 is 1.93 bits per heavy atom. The van der Waals surface area contributed by atoms with Gasteiger partial charge in [0, 0.05) is 5.56 Å². The summed E-state index contributed by atoms with van der Waals surface area (Å²) < 4.78 is 16.4. The number of nitrogens with one attached hydrogen (secondary N) is 2. The molecule has 7 heteroatoms. The molecule has 1 aliphatic heterocycles. The summed E-state index contributed by atoms with van der Waals surface area (Å²) in [5, 5.41) is 2.80. The molecule has 28 heavy (non-hydrogen) atoms. The minimum atomic E-state index is -0.280. The van der Waals surface area contributed by atoms with Crippen molar-refractivity contribution in [3.8, 4) is 11.5 Å². The van der Waals surface area contributed by atoms with E-state index in [1.807, 2.05) is 20.8 Å². The summed E-state index contributed by atoms with van der Waals surface area (Å²) in [5.41, 5.74) is 0.474. The van der Waals surface area contributed by atoms with Crippen molar-refractivity contribution in [2.45, 2.75) is 59.6 Å². The second-order valence-corrected chi connectivity index (χ2v) is 7.32. The zero-order chi connectivity index (χ0) is 20.5. The standard InChI is InChI=1S/C21H33N3O4/c1-6-24(7-2)12-8-9-16(5)22-21(28-15(3)4)23-20(25)17-10-11-18-19(13-17)27-14-26-18/h10-11,13,15-16H,6-9,12,14H2,1-5H3,(H,22,23,25)/p+1/t16-/m0/s1. The zero-order valence-corrected chi connectivity index (χ0v) is 17.7. The average molecular weight is 393 g/mol. The lowest BCUT2D eigenvalue weighted by molar-refractivity contribution is -0.896. The van der Waals surface area contributed by atoms with E-state index in [2.05, 4.69) is 24.2 Å². The molecule has 0 aliphatic carbocycles. The van der Waals surface area contributed by atoms with Crippen molar-refractivity contribution >= 4 is 11.9 Å². The maximum Gasteiger partial charge on any atom is 0.292 e. The molecule has 1 amide bonds. The topological polar surface area (TPSA) is 73.6 Å². The van der Waals surface area contributed by atoms with Gasteiger partial charge in [0.25, 0.3) is 11.9 Å². The summed E-state index contributed by atoms with van der Waals surface area (Å²) >= 11 is 0. The van der Waals surface area contributed by atoms with Gasteiger partial charge in [-0.3, -0.25) is 10.1 Å². The van der Waals surface area contributed by atoms with Crippen LogP contribution < -0.4 is 19.7 Å².